The highest BCUT2D eigenvalue weighted by atomic mass is 16.4. The first-order valence-electron chi connectivity index (χ1n) is 12.5. The van der Waals surface area contributed by atoms with Crippen LogP contribution in [0.3, 0.4) is 0 Å². The molecule has 0 spiro atoms. The number of hydrogen-bond acceptors (Lipinski definition) is 8. The third-order valence-corrected chi connectivity index (χ3v) is 5.92. The molecular weight excluding hydrogens is 540 g/mol. The number of carboxylic acids is 3. The summed E-state index contributed by atoms with van der Waals surface area (Å²) in [5.74, 6) is -7.22. The van der Waals surface area contributed by atoms with Crippen molar-refractivity contribution in [1.29, 1.82) is 0 Å². The third kappa shape index (κ3) is 11.3. The number of carbonyl (C=O) groups is 6. The maximum atomic E-state index is 13.3. The van der Waals surface area contributed by atoms with Crippen LogP contribution < -0.4 is 21.7 Å². The SMILES string of the molecule is NC(Cc1ccccc1)C(=O)NC(Cc1ccc(O)cc1)C(=O)NC(CCC(=O)O)C(=O)NC(CC(=O)O)C(=O)O. The Bertz CT molecular complexity index is 1240. The Morgan fingerprint density at radius 3 is 1.76 bits per heavy atom. The minimum absolute atomic E-state index is 0.0385. The number of aliphatic carboxylic acids is 3. The van der Waals surface area contributed by atoms with Crippen LogP contribution in [0.5, 0.6) is 5.75 Å². The predicted octanol–water partition coefficient (Wildman–Crippen LogP) is -0.617. The number of rotatable bonds is 16. The molecule has 2 aromatic carbocycles. The summed E-state index contributed by atoms with van der Waals surface area (Å²) < 4.78 is 0. The lowest BCUT2D eigenvalue weighted by atomic mass is 10.0. The number of hydrogen-bond donors (Lipinski definition) is 8. The van der Waals surface area contributed by atoms with E-state index < -0.39 is 79.1 Å². The number of nitrogens with one attached hydrogen (secondary N) is 3. The van der Waals surface area contributed by atoms with Crippen LogP contribution in [0.4, 0.5) is 0 Å². The lowest BCUT2D eigenvalue weighted by Crippen LogP contribution is -2.58. The van der Waals surface area contributed by atoms with E-state index in [1.54, 1.807) is 30.3 Å². The molecule has 0 bridgehead atoms. The summed E-state index contributed by atoms with van der Waals surface area (Å²) in [6.07, 6.45) is -1.96. The number of carbonyl (C=O) groups excluding carboxylic acids is 3. The van der Waals surface area contributed by atoms with Gasteiger partial charge in [-0.05, 0) is 36.1 Å². The standard InChI is InChI=1S/C27H32N4O10/c28-18(12-15-4-2-1-3-5-15)24(37)30-20(13-16-6-8-17(32)9-7-16)26(39)29-19(10-11-22(33)34)25(38)31-21(27(40)41)14-23(35)36/h1-9,18-21,32H,10-14,28H2,(H,29,39)(H,30,37)(H,31,38)(H,33,34)(H,35,36)(H,40,41). The van der Waals surface area contributed by atoms with Crippen LogP contribution in [-0.2, 0) is 41.6 Å². The van der Waals surface area contributed by atoms with Crippen LogP contribution in [-0.4, -0.2) is 80.2 Å². The molecule has 0 aliphatic heterocycles. The molecule has 4 unspecified atom stereocenters. The smallest absolute Gasteiger partial charge is 0.326 e. The van der Waals surface area contributed by atoms with Crippen molar-refractivity contribution < 1.29 is 49.2 Å². The van der Waals surface area contributed by atoms with E-state index in [1.807, 2.05) is 5.32 Å². The van der Waals surface area contributed by atoms with E-state index in [0.29, 0.717) is 5.56 Å². The van der Waals surface area contributed by atoms with Crippen LogP contribution in [0.2, 0.25) is 0 Å². The second-order valence-electron chi connectivity index (χ2n) is 9.22. The van der Waals surface area contributed by atoms with E-state index in [2.05, 4.69) is 10.6 Å². The van der Waals surface area contributed by atoms with E-state index in [4.69, 9.17) is 15.9 Å². The summed E-state index contributed by atoms with van der Waals surface area (Å²) in [5, 5.41) is 43.7. The van der Waals surface area contributed by atoms with Gasteiger partial charge in [-0.1, -0.05) is 42.5 Å². The van der Waals surface area contributed by atoms with Crippen LogP contribution in [0.25, 0.3) is 0 Å². The molecule has 0 saturated heterocycles. The number of phenols is 1. The lowest BCUT2D eigenvalue weighted by molar-refractivity contribution is -0.147. The molecule has 0 radical (unpaired) electrons. The van der Waals surface area contributed by atoms with Crippen molar-refractivity contribution in [2.24, 2.45) is 5.73 Å². The molecule has 0 heterocycles. The van der Waals surface area contributed by atoms with Gasteiger partial charge in [-0.25, -0.2) is 4.79 Å². The first kappa shape index (κ1) is 32.2. The van der Waals surface area contributed by atoms with Gasteiger partial charge in [0.15, 0.2) is 0 Å². The molecule has 4 atom stereocenters. The van der Waals surface area contributed by atoms with Gasteiger partial charge in [-0.15, -0.1) is 0 Å². The molecule has 9 N–H and O–H groups in total. The number of benzene rings is 2. The quantitative estimate of drug-likeness (QED) is 0.126. The van der Waals surface area contributed by atoms with Gasteiger partial charge in [0.25, 0.3) is 0 Å². The van der Waals surface area contributed by atoms with Gasteiger partial charge >= 0.3 is 17.9 Å². The zero-order valence-corrected chi connectivity index (χ0v) is 21.9. The largest absolute Gasteiger partial charge is 0.508 e. The van der Waals surface area contributed by atoms with Crippen LogP contribution in [0.15, 0.2) is 54.6 Å². The van der Waals surface area contributed by atoms with Gasteiger partial charge < -0.3 is 42.1 Å². The highest BCUT2D eigenvalue weighted by Crippen LogP contribution is 2.12. The summed E-state index contributed by atoms with van der Waals surface area (Å²) in [5.41, 5.74) is 7.34. The van der Waals surface area contributed by atoms with E-state index in [9.17, 15) is 39.0 Å². The fourth-order valence-electron chi connectivity index (χ4n) is 3.77. The molecule has 0 aromatic heterocycles. The zero-order chi connectivity index (χ0) is 30.5. The van der Waals surface area contributed by atoms with Crippen molar-refractivity contribution in [2.45, 2.75) is 56.3 Å². The Hall–Kier alpha value is -4.98. The molecule has 0 saturated carbocycles. The fraction of sp³-hybridized carbons (Fsp3) is 0.333. The molecule has 14 nitrogen and oxygen atoms in total. The minimum atomic E-state index is -1.84. The van der Waals surface area contributed by atoms with Crippen molar-refractivity contribution in [1.82, 2.24) is 16.0 Å². The molecular formula is C27H32N4O10. The summed E-state index contributed by atoms with van der Waals surface area (Å²) in [6, 6.07) is 8.84. The molecule has 220 valence electrons. The summed E-state index contributed by atoms with van der Waals surface area (Å²) in [6.45, 7) is 0. The van der Waals surface area contributed by atoms with Crippen molar-refractivity contribution in [3.8, 4) is 5.75 Å². The maximum absolute atomic E-state index is 13.3. The van der Waals surface area contributed by atoms with Crippen LogP contribution >= 0.6 is 0 Å². The Balaban J connectivity index is 2.26. The van der Waals surface area contributed by atoms with Gasteiger partial charge in [0.1, 0.15) is 23.9 Å². The topological polar surface area (TPSA) is 245 Å². The number of aromatic hydroxyl groups is 1. The summed E-state index contributed by atoms with van der Waals surface area (Å²) in [4.78, 5) is 72.6. The average molecular weight is 573 g/mol. The first-order valence-corrected chi connectivity index (χ1v) is 12.5. The van der Waals surface area contributed by atoms with Crippen molar-refractivity contribution in [3.63, 3.8) is 0 Å². The number of nitrogens with two attached hydrogens (primary N) is 1. The van der Waals surface area contributed by atoms with Gasteiger partial charge in [0, 0.05) is 12.8 Å². The Morgan fingerprint density at radius 2 is 1.20 bits per heavy atom. The minimum Gasteiger partial charge on any atom is -0.508 e. The van der Waals surface area contributed by atoms with Gasteiger partial charge in [0.05, 0.1) is 12.5 Å². The fourth-order valence-corrected chi connectivity index (χ4v) is 3.77. The molecule has 0 aliphatic carbocycles. The highest BCUT2D eigenvalue weighted by Gasteiger charge is 2.31. The molecule has 0 aliphatic rings. The van der Waals surface area contributed by atoms with Gasteiger partial charge in [-0.3, -0.25) is 24.0 Å². The normalized spacial score (nSPS) is 13.6. The van der Waals surface area contributed by atoms with E-state index >= 15 is 0 Å². The predicted molar refractivity (Wildman–Crippen MR) is 142 cm³/mol. The van der Waals surface area contributed by atoms with E-state index in [1.165, 1.54) is 24.3 Å². The Morgan fingerprint density at radius 1 is 0.659 bits per heavy atom. The van der Waals surface area contributed by atoms with Crippen LogP contribution in [0, 0.1) is 0 Å². The van der Waals surface area contributed by atoms with Crippen molar-refractivity contribution in [3.05, 3.63) is 65.7 Å². The molecule has 14 heteroatoms. The zero-order valence-electron chi connectivity index (χ0n) is 21.9. The summed E-state index contributed by atoms with van der Waals surface area (Å²) >= 11 is 0. The van der Waals surface area contributed by atoms with Crippen LogP contribution in [0.1, 0.15) is 30.4 Å². The maximum Gasteiger partial charge on any atom is 0.326 e. The Labute approximate surface area is 234 Å². The molecule has 2 rings (SSSR count). The molecule has 41 heavy (non-hydrogen) atoms. The molecule has 0 fully saturated rings. The molecule has 3 amide bonds. The summed E-state index contributed by atoms with van der Waals surface area (Å²) in [7, 11) is 0. The van der Waals surface area contributed by atoms with Gasteiger partial charge in [-0.2, -0.15) is 0 Å². The highest BCUT2D eigenvalue weighted by molar-refractivity contribution is 5.95. The molecule has 2 aromatic rings. The second kappa shape index (κ2) is 15.6. The first-order chi connectivity index (χ1) is 19.3. The number of carboxylic acid groups (broad SMARTS) is 3. The second-order valence-corrected chi connectivity index (χ2v) is 9.22. The number of phenolic OH excluding ortho intramolecular Hbond substituents is 1. The Kier molecular flexibility index (Phi) is 12.2. The number of amides is 3. The van der Waals surface area contributed by atoms with Crippen molar-refractivity contribution >= 4 is 35.6 Å². The van der Waals surface area contributed by atoms with Crippen molar-refractivity contribution in [2.75, 3.05) is 0 Å². The van der Waals surface area contributed by atoms with E-state index in [0.717, 1.165) is 5.56 Å². The lowest BCUT2D eigenvalue weighted by Gasteiger charge is -2.25. The monoisotopic (exact) mass is 572 g/mol. The third-order valence-electron chi connectivity index (χ3n) is 5.92. The van der Waals surface area contributed by atoms with Gasteiger partial charge in [0.2, 0.25) is 17.7 Å². The average Bonchev–Trinajstić information content (AvgIpc) is 2.91. The van der Waals surface area contributed by atoms with E-state index in [-0.39, 0.29) is 18.6 Å².